The van der Waals surface area contributed by atoms with Crippen molar-refractivity contribution in [3.05, 3.63) is 115 Å². The van der Waals surface area contributed by atoms with Gasteiger partial charge in [-0.05, 0) is 67.3 Å². The summed E-state index contributed by atoms with van der Waals surface area (Å²) >= 11 is 0. The van der Waals surface area contributed by atoms with Crippen LogP contribution < -0.4 is 4.90 Å². The van der Waals surface area contributed by atoms with E-state index in [1.165, 1.54) is 11.1 Å². The fraction of sp³-hybridized carbons (Fsp3) is 0.120. The molecule has 1 heteroatoms. The number of hydrogen-bond acceptors (Lipinski definition) is 1. The highest BCUT2D eigenvalue weighted by Gasteiger charge is 2.13. The van der Waals surface area contributed by atoms with Crippen molar-refractivity contribution in [2.75, 3.05) is 4.90 Å². The lowest BCUT2D eigenvalue weighted by atomic mass is 9.97. The molecular formula is C25H25N. The topological polar surface area (TPSA) is 3.24 Å². The van der Waals surface area contributed by atoms with E-state index >= 15 is 0 Å². The van der Waals surface area contributed by atoms with Crippen molar-refractivity contribution in [1.82, 2.24) is 0 Å². The maximum atomic E-state index is 3.88. The number of nitrogens with zero attached hydrogens (tertiary/aromatic N) is 1. The molecular weight excluding hydrogens is 314 g/mol. The van der Waals surface area contributed by atoms with Crippen LogP contribution in [0, 0.1) is 0 Å². The summed E-state index contributed by atoms with van der Waals surface area (Å²) in [4.78, 5) is 2.25. The van der Waals surface area contributed by atoms with E-state index in [0.717, 1.165) is 29.9 Å². The fourth-order valence-corrected chi connectivity index (χ4v) is 3.19. The predicted molar refractivity (Wildman–Crippen MR) is 114 cm³/mol. The summed E-state index contributed by atoms with van der Waals surface area (Å²) in [5.74, 6) is 0. The number of benzene rings is 2. The molecule has 0 aliphatic heterocycles. The van der Waals surface area contributed by atoms with Crippen LogP contribution in [0.5, 0.6) is 0 Å². The van der Waals surface area contributed by atoms with Crippen LogP contribution in [0.4, 0.5) is 11.4 Å². The molecule has 2 aromatic carbocycles. The van der Waals surface area contributed by atoms with Crippen molar-refractivity contribution in [2.24, 2.45) is 0 Å². The fourth-order valence-electron chi connectivity index (χ4n) is 3.19. The first-order valence-corrected chi connectivity index (χ1v) is 9.10. The molecule has 0 fully saturated rings. The molecule has 3 rings (SSSR count). The Balaban J connectivity index is 2.01. The summed E-state index contributed by atoms with van der Waals surface area (Å²) in [6, 6.07) is 19.3. The molecule has 130 valence electrons. The Bertz CT molecular complexity index is 849. The lowest BCUT2D eigenvalue weighted by Gasteiger charge is -2.26. The van der Waals surface area contributed by atoms with Crippen molar-refractivity contribution in [2.45, 2.75) is 19.8 Å². The molecule has 0 bridgehead atoms. The van der Waals surface area contributed by atoms with Gasteiger partial charge in [0, 0.05) is 17.1 Å². The standard InChI is InChI=1S/C25H25N/c1-3-11-23(12-4-2)26(24-15-9-6-10-16-24)25-19-17-22(18-20-25)21-13-7-5-8-14-21/h3-7,9-13,15-20H,1,8,14H2,2H3/b12-4-,23-11+. The molecule has 0 atom stereocenters. The average Bonchev–Trinajstić information content (AvgIpc) is 2.71. The Morgan fingerprint density at radius 2 is 1.73 bits per heavy atom. The summed E-state index contributed by atoms with van der Waals surface area (Å²) in [7, 11) is 0. The maximum Gasteiger partial charge on any atom is 0.0462 e. The second-order valence-corrected chi connectivity index (χ2v) is 6.20. The van der Waals surface area contributed by atoms with E-state index in [0.29, 0.717) is 0 Å². The van der Waals surface area contributed by atoms with Gasteiger partial charge in [-0.3, -0.25) is 0 Å². The Kier molecular flexibility index (Phi) is 6.05. The minimum absolute atomic E-state index is 1.08. The summed E-state index contributed by atoms with van der Waals surface area (Å²) in [6.07, 6.45) is 16.9. The van der Waals surface area contributed by atoms with Gasteiger partial charge in [-0.25, -0.2) is 0 Å². The smallest absolute Gasteiger partial charge is 0.0462 e. The molecule has 0 heterocycles. The molecule has 0 saturated heterocycles. The first-order chi connectivity index (χ1) is 12.8. The molecule has 1 nitrogen and oxygen atoms in total. The second-order valence-electron chi connectivity index (χ2n) is 6.20. The monoisotopic (exact) mass is 339 g/mol. The van der Waals surface area contributed by atoms with Gasteiger partial charge >= 0.3 is 0 Å². The number of hydrogen-bond donors (Lipinski definition) is 0. The maximum absolute atomic E-state index is 3.88. The van der Waals surface area contributed by atoms with Gasteiger partial charge < -0.3 is 4.90 Å². The zero-order chi connectivity index (χ0) is 18.2. The summed E-state index contributed by atoms with van der Waals surface area (Å²) < 4.78 is 0. The SMILES string of the molecule is C=C/C=C(\C=C/C)N(c1ccccc1)c1ccc(C2=CC=CCC2)cc1. The van der Waals surface area contributed by atoms with Crippen molar-refractivity contribution in [3.8, 4) is 0 Å². The lowest BCUT2D eigenvalue weighted by Crippen LogP contribution is -2.15. The van der Waals surface area contributed by atoms with Gasteiger partial charge in [0.15, 0.2) is 0 Å². The van der Waals surface area contributed by atoms with E-state index in [1.54, 1.807) is 0 Å². The van der Waals surface area contributed by atoms with Crippen LogP contribution in [0.2, 0.25) is 0 Å². The quantitative estimate of drug-likeness (QED) is 0.503. The molecule has 0 N–H and O–H groups in total. The third-order valence-electron chi connectivity index (χ3n) is 4.41. The zero-order valence-corrected chi connectivity index (χ0v) is 15.3. The highest BCUT2D eigenvalue weighted by molar-refractivity contribution is 5.74. The zero-order valence-electron chi connectivity index (χ0n) is 15.3. The molecule has 26 heavy (non-hydrogen) atoms. The Labute approximate surface area is 157 Å². The number of rotatable bonds is 6. The highest BCUT2D eigenvalue weighted by Crippen LogP contribution is 2.32. The van der Waals surface area contributed by atoms with Crippen molar-refractivity contribution in [1.29, 1.82) is 0 Å². The van der Waals surface area contributed by atoms with Crippen molar-refractivity contribution >= 4 is 16.9 Å². The van der Waals surface area contributed by atoms with E-state index in [4.69, 9.17) is 0 Å². The third-order valence-corrected chi connectivity index (χ3v) is 4.41. The molecule has 1 aliphatic carbocycles. The largest absolute Gasteiger partial charge is 0.311 e. The van der Waals surface area contributed by atoms with Gasteiger partial charge in [-0.1, -0.05) is 67.3 Å². The van der Waals surface area contributed by atoms with Gasteiger partial charge in [0.1, 0.15) is 0 Å². The first-order valence-electron chi connectivity index (χ1n) is 9.10. The summed E-state index contributed by atoms with van der Waals surface area (Å²) in [5.41, 5.74) is 6.05. The van der Waals surface area contributed by atoms with E-state index in [-0.39, 0.29) is 0 Å². The van der Waals surface area contributed by atoms with Gasteiger partial charge in [-0.2, -0.15) is 0 Å². The van der Waals surface area contributed by atoms with Crippen LogP contribution in [-0.4, -0.2) is 0 Å². The van der Waals surface area contributed by atoms with Gasteiger partial charge in [0.2, 0.25) is 0 Å². The average molecular weight is 339 g/mol. The number of allylic oxidation sites excluding steroid dienone is 8. The first kappa shape index (κ1) is 17.8. The summed E-state index contributed by atoms with van der Waals surface area (Å²) in [5, 5.41) is 0. The molecule has 0 aromatic heterocycles. The van der Waals surface area contributed by atoms with E-state index in [2.05, 4.69) is 90.4 Å². The minimum atomic E-state index is 1.08. The highest BCUT2D eigenvalue weighted by atomic mass is 15.1. The molecule has 2 aromatic rings. The van der Waals surface area contributed by atoms with E-state index in [9.17, 15) is 0 Å². The Morgan fingerprint density at radius 1 is 1.00 bits per heavy atom. The predicted octanol–water partition coefficient (Wildman–Crippen LogP) is 7.20. The van der Waals surface area contributed by atoms with Crippen LogP contribution in [0.1, 0.15) is 25.3 Å². The minimum Gasteiger partial charge on any atom is -0.311 e. The molecule has 0 amide bonds. The third kappa shape index (κ3) is 4.12. The molecule has 0 unspecified atom stereocenters. The van der Waals surface area contributed by atoms with Crippen LogP contribution in [0.15, 0.2) is 109 Å². The van der Waals surface area contributed by atoms with Gasteiger partial charge in [0.05, 0.1) is 0 Å². The summed E-state index contributed by atoms with van der Waals surface area (Å²) in [6.45, 7) is 5.91. The van der Waals surface area contributed by atoms with Gasteiger partial charge in [-0.15, -0.1) is 0 Å². The Morgan fingerprint density at radius 3 is 2.35 bits per heavy atom. The van der Waals surface area contributed by atoms with Crippen molar-refractivity contribution < 1.29 is 0 Å². The number of anilines is 2. The molecule has 0 spiro atoms. The van der Waals surface area contributed by atoms with Crippen molar-refractivity contribution in [3.63, 3.8) is 0 Å². The van der Waals surface area contributed by atoms with Crippen LogP contribution >= 0.6 is 0 Å². The number of para-hydroxylation sites is 1. The Hall–Kier alpha value is -3.06. The molecule has 0 saturated carbocycles. The molecule has 0 radical (unpaired) electrons. The van der Waals surface area contributed by atoms with Gasteiger partial charge in [0.25, 0.3) is 0 Å². The van der Waals surface area contributed by atoms with E-state index in [1.807, 2.05) is 25.1 Å². The second kappa shape index (κ2) is 8.87. The molecule has 1 aliphatic rings. The lowest BCUT2D eigenvalue weighted by molar-refractivity contribution is 1.05. The van der Waals surface area contributed by atoms with Crippen LogP contribution in [0.25, 0.3) is 5.57 Å². The van der Waals surface area contributed by atoms with E-state index < -0.39 is 0 Å². The van der Waals surface area contributed by atoms with Crippen LogP contribution in [-0.2, 0) is 0 Å². The normalized spacial score (nSPS) is 14.3. The van der Waals surface area contributed by atoms with Crippen LogP contribution in [0.3, 0.4) is 0 Å².